The number of likely N-dealkylation sites (tertiary alicyclic amines) is 2. The molecular weight excluding hydrogens is 350 g/mol. The van der Waals surface area contributed by atoms with Crippen LogP contribution >= 0.6 is 0 Å². The average molecular weight is 386 g/mol. The minimum Gasteiger partial charge on any atom is -0.370 e. The Balaban J connectivity index is 1.40. The molecule has 3 N–H and O–H groups in total. The van der Waals surface area contributed by atoms with Gasteiger partial charge in [-0.1, -0.05) is 30.3 Å². The number of nitrogens with zero attached hydrogens (tertiary/aromatic N) is 3. The molecule has 2 heterocycles. The molecule has 0 aliphatic carbocycles. The molecule has 28 heavy (non-hydrogen) atoms. The predicted molar refractivity (Wildman–Crippen MR) is 114 cm³/mol. The van der Waals surface area contributed by atoms with Crippen LogP contribution < -0.4 is 11.1 Å². The van der Waals surface area contributed by atoms with Crippen LogP contribution in [-0.4, -0.2) is 68.0 Å². The van der Waals surface area contributed by atoms with Crippen molar-refractivity contribution in [3.63, 3.8) is 0 Å². The highest BCUT2D eigenvalue weighted by molar-refractivity contribution is 5.80. The van der Waals surface area contributed by atoms with Crippen LogP contribution in [0, 0.1) is 11.8 Å². The highest BCUT2D eigenvalue weighted by Crippen LogP contribution is 2.20. The maximum absolute atomic E-state index is 11.2. The standard InChI is InChI=1S/C22H35N5O/c1-24-22(27-11-5-8-19(17-27)14-21(23)28)25-15-20-10-13-26(16-20)12-9-18-6-3-2-4-7-18/h2-4,6-7,19-20H,5,8-17H2,1H3,(H2,23,28)(H,24,25). The Morgan fingerprint density at radius 1 is 1.18 bits per heavy atom. The Labute approximate surface area is 169 Å². The summed E-state index contributed by atoms with van der Waals surface area (Å²) in [6.07, 6.45) is 5.01. The molecule has 0 aromatic heterocycles. The van der Waals surface area contributed by atoms with Crippen LogP contribution in [0.5, 0.6) is 0 Å². The summed E-state index contributed by atoms with van der Waals surface area (Å²) in [6.45, 7) is 6.31. The summed E-state index contributed by atoms with van der Waals surface area (Å²) in [4.78, 5) is 20.6. The Bertz CT molecular complexity index is 648. The fourth-order valence-electron chi connectivity index (χ4n) is 4.49. The van der Waals surface area contributed by atoms with Gasteiger partial charge in [0.15, 0.2) is 5.96 Å². The van der Waals surface area contributed by atoms with Gasteiger partial charge in [-0.2, -0.15) is 0 Å². The van der Waals surface area contributed by atoms with Crippen molar-refractivity contribution in [1.29, 1.82) is 0 Å². The molecule has 6 nitrogen and oxygen atoms in total. The van der Waals surface area contributed by atoms with Crippen LogP contribution in [0.15, 0.2) is 35.3 Å². The number of benzene rings is 1. The lowest BCUT2D eigenvalue weighted by Gasteiger charge is -2.35. The van der Waals surface area contributed by atoms with Crippen molar-refractivity contribution < 1.29 is 4.79 Å². The zero-order chi connectivity index (χ0) is 19.8. The van der Waals surface area contributed by atoms with E-state index in [-0.39, 0.29) is 5.91 Å². The second kappa shape index (κ2) is 10.5. The minimum absolute atomic E-state index is 0.198. The van der Waals surface area contributed by atoms with E-state index in [1.807, 2.05) is 7.05 Å². The summed E-state index contributed by atoms with van der Waals surface area (Å²) in [5.41, 5.74) is 6.80. The lowest BCUT2D eigenvalue weighted by Crippen LogP contribution is -2.48. The van der Waals surface area contributed by atoms with E-state index in [1.165, 1.54) is 18.5 Å². The summed E-state index contributed by atoms with van der Waals surface area (Å²) in [7, 11) is 1.85. The Morgan fingerprint density at radius 2 is 2.00 bits per heavy atom. The summed E-state index contributed by atoms with van der Waals surface area (Å²) >= 11 is 0. The molecule has 2 unspecified atom stereocenters. The van der Waals surface area contributed by atoms with Crippen LogP contribution in [0.3, 0.4) is 0 Å². The van der Waals surface area contributed by atoms with E-state index >= 15 is 0 Å². The van der Waals surface area contributed by atoms with Gasteiger partial charge in [0, 0.05) is 46.2 Å². The van der Waals surface area contributed by atoms with Crippen molar-refractivity contribution in [1.82, 2.24) is 15.1 Å². The number of aliphatic imine (C=N–C) groups is 1. The minimum atomic E-state index is -0.198. The molecular formula is C22H35N5O. The number of guanidine groups is 1. The Morgan fingerprint density at radius 3 is 2.75 bits per heavy atom. The van der Waals surface area contributed by atoms with Crippen LogP contribution in [-0.2, 0) is 11.2 Å². The van der Waals surface area contributed by atoms with Gasteiger partial charge in [-0.15, -0.1) is 0 Å². The summed E-state index contributed by atoms with van der Waals surface area (Å²) in [5.74, 6) is 1.79. The highest BCUT2D eigenvalue weighted by atomic mass is 16.1. The third-order valence-electron chi connectivity index (χ3n) is 6.00. The summed E-state index contributed by atoms with van der Waals surface area (Å²) in [6, 6.07) is 10.7. The third-order valence-corrected chi connectivity index (χ3v) is 6.00. The van der Waals surface area contributed by atoms with E-state index in [4.69, 9.17) is 5.73 Å². The second-order valence-corrected chi connectivity index (χ2v) is 8.24. The normalized spacial score (nSPS) is 23.8. The number of carbonyl (C=O) groups is 1. The molecule has 0 bridgehead atoms. The Hall–Kier alpha value is -2.08. The first-order valence-electron chi connectivity index (χ1n) is 10.6. The van der Waals surface area contributed by atoms with E-state index < -0.39 is 0 Å². The molecule has 1 amide bonds. The van der Waals surface area contributed by atoms with Gasteiger partial charge in [0.25, 0.3) is 0 Å². The van der Waals surface area contributed by atoms with Crippen molar-refractivity contribution in [2.45, 2.75) is 32.1 Å². The molecule has 1 aromatic rings. The van der Waals surface area contributed by atoms with Crippen LogP contribution in [0.25, 0.3) is 0 Å². The second-order valence-electron chi connectivity index (χ2n) is 8.24. The number of primary amides is 1. The van der Waals surface area contributed by atoms with E-state index in [1.54, 1.807) is 0 Å². The van der Waals surface area contributed by atoms with E-state index in [0.29, 0.717) is 18.3 Å². The maximum Gasteiger partial charge on any atom is 0.217 e. The van der Waals surface area contributed by atoms with E-state index in [0.717, 1.165) is 57.9 Å². The lowest BCUT2D eigenvalue weighted by atomic mass is 9.95. The fourth-order valence-corrected chi connectivity index (χ4v) is 4.49. The molecule has 2 aliphatic rings. The van der Waals surface area contributed by atoms with Gasteiger partial charge in [0.1, 0.15) is 0 Å². The molecule has 6 heteroatoms. The number of nitrogens with two attached hydrogens (primary N) is 1. The molecule has 2 saturated heterocycles. The zero-order valence-corrected chi connectivity index (χ0v) is 17.1. The molecule has 0 spiro atoms. The number of carbonyl (C=O) groups excluding carboxylic acids is 1. The van der Waals surface area contributed by atoms with E-state index in [2.05, 4.69) is 50.4 Å². The largest absolute Gasteiger partial charge is 0.370 e. The molecule has 2 fully saturated rings. The van der Waals surface area contributed by atoms with Gasteiger partial charge in [0.2, 0.25) is 5.91 Å². The van der Waals surface area contributed by atoms with Crippen molar-refractivity contribution in [2.75, 3.05) is 46.3 Å². The predicted octanol–water partition coefficient (Wildman–Crippen LogP) is 1.71. The molecule has 0 saturated carbocycles. The van der Waals surface area contributed by atoms with Gasteiger partial charge in [-0.3, -0.25) is 9.79 Å². The highest BCUT2D eigenvalue weighted by Gasteiger charge is 2.26. The zero-order valence-electron chi connectivity index (χ0n) is 17.1. The van der Waals surface area contributed by atoms with Crippen molar-refractivity contribution in [3.05, 3.63) is 35.9 Å². The number of hydrogen-bond donors (Lipinski definition) is 2. The average Bonchev–Trinajstić information content (AvgIpc) is 3.15. The summed E-state index contributed by atoms with van der Waals surface area (Å²) in [5, 5.41) is 3.58. The molecule has 3 rings (SSSR count). The van der Waals surface area contributed by atoms with Crippen molar-refractivity contribution >= 4 is 11.9 Å². The Kier molecular flexibility index (Phi) is 7.71. The van der Waals surface area contributed by atoms with Gasteiger partial charge in [-0.25, -0.2) is 0 Å². The van der Waals surface area contributed by atoms with E-state index in [9.17, 15) is 4.79 Å². The molecule has 0 radical (unpaired) electrons. The smallest absolute Gasteiger partial charge is 0.217 e. The number of amides is 1. The first kappa shape index (κ1) is 20.6. The van der Waals surface area contributed by atoms with Crippen molar-refractivity contribution in [2.24, 2.45) is 22.6 Å². The third kappa shape index (κ3) is 6.23. The quantitative estimate of drug-likeness (QED) is 0.554. The molecule has 1 aromatic carbocycles. The van der Waals surface area contributed by atoms with Crippen LogP contribution in [0.1, 0.15) is 31.2 Å². The topological polar surface area (TPSA) is 74.0 Å². The first-order chi connectivity index (χ1) is 13.6. The molecule has 2 aliphatic heterocycles. The first-order valence-corrected chi connectivity index (χ1v) is 10.6. The SMILES string of the molecule is CN=C(NCC1CCN(CCc2ccccc2)C1)N1CCCC(CC(N)=O)C1. The molecule has 154 valence electrons. The van der Waals surface area contributed by atoms with Crippen LogP contribution in [0.2, 0.25) is 0 Å². The summed E-state index contributed by atoms with van der Waals surface area (Å²) < 4.78 is 0. The van der Waals surface area contributed by atoms with Crippen molar-refractivity contribution in [3.8, 4) is 0 Å². The van der Waals surface area contributed by atoms with Gasteiger partial charge in [-0.05, 0) is 49.6 Å². The monoisotopic (exact) mass is 385 g/mol. The van der Waals surface area contributed by atoms with Gasteiger partial charge in [0.05, 0.1) is 0 Å². The van der Waals surface area contributed by atoms with Gasteiger partial charge < -0.3 is 20.9 Å². The lowest BCUT2D eigenvalue weighted by molar-refractivity contribution is -0.119. The van der Waals surface area contributed by atoms with Gasteiger partial charge >= 0.3 is 0 Å². The number of hydrogen-bond acceptors (Lipinski definition) is 3. The number of rotatable bonds is 7. The fraction of sp³-hybridized carbons (Fsp3) is 0.636. The van der Waals surface area contributed by atoms with Crippen LogP contribution in [0.4, 0.5) is 0 Å². The maximum atomic E-state index is 11.2. The number of nitrogens with one attached hydrogen (secondary N) is 1. The molecule has 2 atom stereocenters. The number of piperidine rings is 1.